The lowest BCUT2D eigenvalue weighted by Gasteiger charge is -2.26. The molecule has 2 N–H and O–H groups in total. The lowest BCUT2D eigenvalue weighted by Crippen LogP contribution is -2.46. The summed E-state index contributed by atoms with van der Waals surface area (Å²) in [5.74, 6) is -1.38. The number of nitrogens with zero attached hydrogens (tertiary/aromatic N) is 2. The summed E-state index contributed by atoms with van der Waals surface area (Å²) in [5, 5.41) is 18.2. The number of benzene rings is 2. The van der Waals surface area contributed by atoms with E-state index in [4.69, 9.17) is 10.2 Å². The number of aliphatic hydroxyl groups excluding tert-OH is 2. The summed E-state index contributed by atoms with van der Waals surface area (Å²) in [5.41, 5.74) is 1.83. The van der Waals surface area contributed by atoms with Crippen LogP contribution in [-0.2, 0) is 22.7 Å². The van der Waals surface area contributed by atoms with Crippen molar-refractivity contribution in [3.63, 3.8) is 0 Å². The van der Waals surface area contributed by atoms with E-state index < -0.39 is 11.8 Å². The average Bonchev–Trinajstić information content (AvgIpc) is 2.68. The molecule has 0 aliphatic heterocycles. The van der Waals surface area contributed by atoms with E-state index in [0.717, 1.165) is 11.1 Å². The molecule has 0 radical (unpaired) electrons. The molecule has 138 valence electrons. The van der Waals surface area contributed by atoms with Crippen LogP contribution in [0, 0.1) is 0 Å². The first-order chi connectivity index (χ1) is 12.7. The first-order valence-electron chi connectivity index (χ1n) is 8.53. The molecule has 0 saturated heterocycles. The van der Waals surface area contributed by atoms with Crippen molar-refractivity contribution in [2.75, 3.05) is 26.3 Å². The molecule has 0 aromatic heterocycles. The summed E-state index contributed by atoms with van der Waals surface area (Å²) in [6.07, 6.45) is 0. The van der Waals surface area contributed by atoms with Crippen molar-refractivity contribution in [2.24, 2.45) is 0 Å². The third-order valence-electron chi connectivity index (χ3n) is 3.93. The Bertz CT molecular complexity index is 644. The minimum absolute atomic E-state index is 0.00957. The number of aliphatic hydroxyl groups is 2. The molecule has 2 aromatic carbocycles. The second-order valence-electron chi connectivity index (χ2n) is 5.87. The van der Waals surface area contributed by atoms with Gasteiger partial charge < -0.3 is 20.0 Å². The zero-order chi connectivity index (χ0) is 18.8. The standard InChI is InChI=1S/C20H24N2O4/c23-13-11-21(12-14-24)19(25)20(26)22(15-17-7-3-1-4-8-17)16-18-9-5-2-6-10-18/h1-10,23-24H,11-16H2. The molecule has 6 heteroatoms. The molecule has 6 nitrogen and oxygen atoms in total. The molecule has 26 heavy (non-hydrogen) atoms. The summed E-state index contributed by atoms with van der Waals surface area (Å²) in [4.78, 5) is 28.0. The molecule has 0 fully saturated rings. The second kappa shape index (κ2) is 10.3. The number of amides is 2. The van der Waals surface area contributed by atoms with Gasteiger partial charge in [0.15, 0.2) is 0 Å². The van der Waals surface area contributed by atoms with E-state index in [1.165, 1.54) is 9.80 Å². The van der Waals surface area contributed by atoms with Gasteiger partial charge in [0, 0.05) is 26.2 Å². The van der Waals surface area contributed by atoms with Gasteiger partial charge in [0.2, 0.25) is 0 Å². The van der Waals surface area contributed by atoms with Crippen molar-refractivity contribution in [2.45, 2.75) is 13.1 Å². The fourth-order valence-electron chi connectivity index (χ4n) is 2.63. The highest BCUT2D eigenvalue weighted by Gasteiger charge is 2.27. The van der Waals surface area contributed by atoms with Crippen molar-refractivity contribution in [1.29, 1.82) is 0 Å². The highest BCUT2D eigenvalue weighted by atomic mass is 16.3. The number of carbonyl (C=O) groups excluding carboxylic acids is 2. The first kappa shape index (κ1) is 19.6. The normalized spacial score (nSPS) is 10.4. The highest BCUT2D eigenvalue weighted by molar-refractivity contribution is 6.34. The van der Waals surface area contributed by atoms with Gasteiger partial charge in [-0.25, -0.2) is 0 Å². The van der Waals surface area contributed by atoms with Crippen LogP contribution in [0.2, 0.25) is 0 Å². The molecule has 0 aliphatic carbocycles. The molecular formula is C20H24N2O4. The molecule has 0 aliphatic rings. The predicted octanol–water partition coefficient (Wildman–Crippen LogP) is 1.03. The van der Waals surface area contributed by atoms with Gasteiger partial charge in [-0.3, -0.25) is 9.59 Å². The van der Waals surface area contributed by atoms with Crippen LogP contribution in [0.15, 0.2) is 60.7 Å². The largest absolute Gasteiger partial charge is 0.395 e. The lowest BCUT2D eigenvalue weighted by atomic mass is 10.1. The van der Waals surface area contributed by atoms with Gasteiger partial charge >= 0.3 is 11.8 Å². The van der Waals surface area contributed by atoms with Gasteiger partial charge in [0.05, 0.1) is 13.2 Å². The lowest BCUT2D eigenvalue weighted by molar-refractivity contribution is -0.153. The van der Waals surface area contributed by atoms with E-state index in [1.54, 1.807) is 0 Å². The Morgan fingerprint density at radius 2 is 1.04 bits per heavy atom. The summed E-state index contributed by atoms with van der Waals surface area (Å²) >= 11 is 0. The second-order valence-corrected chi connectivity index (χ2v) is 5.87. The maximum atomic E-state index is 12.8. The van der Waals surface area contributed by atoms with E-state index >= 15 is 0 Å². The Morgan fingerprint density at radius 1 is 0.654 bits per heavy atom. The van der Waals surface area contributed by atoms with Crippen LogP contribution in [0.4, 0.5) is 0 Å². The first-order valence-corrected chi connectivity index (χ1v) is 8.53. The van der Waals surface area contributed by atoms with Crippen molar-refractivity contribution in [1.82, 2.24) is 9.80 Å². The van der Waals surface area contributed by atoms with Crippen LogP contribution in [0.25, 0.3) is 0 Å². The maximum Gasteiger partial charge on any atom is 0.312 e. The van der Waals surface area contributed by atoms with E-state index in [9.17, 15) is 9.59 Å². The van der Waals surface area contributed by atoms with E-state index in [-0.39, 0.29) is 26.3 Å². The summed E-state index contributed by atoms with van der Waals surface area (Å²) in [6, 6.07) is 18.9. The van der Waals surface area contributed by atoms with E-state index in [2.05, 4.69) is 0 Å². The molecule has 2 rings (SSSR count). The van der Waals surface area contributed by atoms with Crippen molar-refractivity contribution in [3.05, 3.63) is 71.8 Å². The van der Waals surface area contributed by atoms with Crippen LogP contribution in [0.5, 0.6) is 0 Å². The molecule has 2 aromatic rings. The fourth-order valence-corrected chi connectivity index (χ4v) is 2.63. The van der Waals surface area contributed by atoms with E-state index in [0.29, 0.717) is 13.1 Å². The minimum atomic E-state index is -0.722. The van der Waals surface area contributed by atoms with Gasteiger partial charge in [-0.15, -0.1) is 0 Å². The third-order valence-corrected chi connectivity index (χ3v) is 3.93. The highest BCUT2D eigenvalue weighted by Crippen LogP contribution is 2.11. The Labute approximate surface area is 153 Å². The molecular weight excluding hydrogens is 332 g/mol. The predicted molar refractivity (Wildman–Crippen MR) is 97.9 cm³/mol. The topological polar surface area (TPSA) is 81.1 Å². The molecule has 0 heterocycles. The quantitative estimate of drug-likeness (QED) is 0.692. The zero-order valence-electron chi connectivity index (χ0n) is 14.6. The molecule has 0 bridgehead atoms. The zero-order valence-corrected chi connectivity index (χ0v) is 14.6. The van der Waals surface area contributed by atoms with Crippen molar-refractivity contribution in [3.8, 4) is 0 Å². The van der Waals surface area contributed by atoms with Crippen LogP contribution in [0.3, 0.4) is 0 Å². The maximum absolute atomic E-state index is 12.8. The van der Waals surface area contributed by atoms with E-state index in [1.807, 2.05) is 60.7 Å². The smallest absolute Gasteiger partial charge is 0.312 e. The van der Waals surface area contributed by atoms with Gasteiger partial charge in [-0.1, -0.05) is 60.7 Å². The van der Waals surface area contributed by atoms with Gasteiger partial charge in [0.1, 0.15) is 0 Å². The molecule has 0 unspecified atom stereocenters. The molecule has 2 amide bonds. The van der Waals surface area contributed by atoms with Crippen molar-refractivity contribution < 1.29 is 19.8 Å². The monoisotopic (exact) mass is 356 g/mol. The Hall–Kier alpha value is -2.70. The molecule has 0 spiro atoms. The Kier molecular flexibility index (Phi) is 7.79. The van der Waals surface area contributed by atoms with Crippen LogP contribution in [0.1, 0.15) is 11.1 Å². The Balaban J connectivity index is 2.20. The van der Waals surface area contributed by atoms with Gasteiger partial charge in [0.25, 0.3) is 0 Å². The Morgan fingerprint density at radius 3 is 1.42 bits per heavy atom. The summed E-state index contributed by atoms with van der Waals surface area (Å²) < 4.78 is 0. The molecule has 0 saturated carbocycles. The number of hydrogen-bond donors (Lipinski definition) is 2. The van der Waals surface area contributed by atoms with Gasteiger partial charge in [-0.2, -0.15) is 0 Å². The van der Waals surface area contributed by atoms with Crippen molar-refractivity contribution >= 4 is 11.8 Å². The summed E-state index contributed by atoms with van der Waals surface area (Å²) in [6.45, 7) is 0.0802. The number of rotatable bonds is 8. The average molecular weight is 356 g/mol. The number of hydrogen-bond acceptors (Lipinski definition) is 4. The van der Waals surface area contributed by atoms with Crippen LogP contribution >= 0.6 is 0 Å². The van der Waals surface area contributed by atoms with Gasteiger partial charge in [-0.05, 0) is 11.1 Å². The minimum Gasteiger partial charge on any atom is -0.395 e. The fraction of sp³-hybridized carbons (Fsp3) is 0.300. The number of carbonyl (C=O) groups is 2. The van der Waals surface area contributed by atoms with Crippen LogP contribution in [-0.4, -0.2) is 58.1 Å². The third kappa shape index (κ3) is 5.68. The van der Waals surface area contributed by atoms with Crippen LogP contribution < -0.4 is 0 Å². The summed E-state index contributed by atoms with van der Waals surface area (Å²) in [7, 11) is 0. The SMILES string of the molecule is O=C(C(=O)N(Cc1ccccc1)Cc1ccccc1)N(CCO)CCO. The molecule has 0 atom stereocenters.